The molecule has 0 fully saturated rings. The summed E-state index contributed by atoms with van der Waals surface area (Å²) in [5.74, 6) is 1.74. The van der Waals surface area contributed by atoms with Gasteiger partial charge in [-0.1, -0.05) is 26.3 Å². The first-order chi connectivity index (χ1) is 7.67. The Kier molecular flexibility index (Phi) is 5.12. The normalized spacial score (nSPS) is 14.2. The summed E-state index contributed by atoms with van der Waals surface area (Å²) in [6.45, 7) is 4.39. The summed E-state index contributed by atoms with van der Waals surface area (Å²) in [7, 11) is 1.62. The molecule has 0 amide bonds. The minimum atomic E-state index is -0.420. The monoisotopic (exact) mass is 224 g/mol. The highest BCUT2D eigenvalue weighted by Gasteiger charge is 2.12. The minimum Gasteiger partial charge on any atom is -0.497 e. The van der Waals surface area contributed by atoms with E-state index in [1.54, 1.807) is 7.11 Å². The Morgan fingerprint density at radius 3 is 2.62 bits per heavy atom. The number of ether oxygens (including phenoxy) is 2. The molecule has 1 aromatic carbocycles. The van der Waals surface area contributed by atoms with Gasteiger partial charge in [0, 0.05) is 6.07 Å². The van der Waals surface area contributed by atoms with Crippen LogP contribution in [-0.2, 0) is 0 Å². The molecule has 1 aromatic rings. The van der Waals surface area contributed by atoms with E-state index in [1.165, 1.54) is 0 Å². The summed E-state index contributed by atoms with van der Waals surface area (Å²) in [5.41, 5.74) is 0. The molecule has 2 unspecified atom stereocenters. The third-order valence-corrected chi connectivity index (χ3v) is 2.76. The van der Waals surface area contributed by atoms with Gasteiger partial charge >= 0.3 is 0 Å². The van der Waals surface area contributed by atoms with Crippen LogP contribution in [0.1, 0.15) is 20.3 Å². The molecule has 1 rings (SSSR count). The zero-order valence-electron chi connectivity index (χ0n) is 10.1. The van der Waals surface area contributed by atoms with Crippen molar-refractivity contribution in [3.8, 4) is 11.5 Å². The maximum atomic E-state index is 9.75. The highest BCUT2D eigenvalue weighted by atomic mass is 16.5. The molecule has 0 aliphatic carbocycles. The predicted octanol–water partition coefficient (Wildman–Crippen LogP) is 2.48. The molecule has 0 saturated heterocycles. The molecule has 0 bridgehead atoms. The predicted molar refractivity (Wildman–Crippen MR) is 64.0 cm³/mol. The van der Waals surface area contributed by atoms with Crippen LogP contribution in [0.4, 0.5) is 0 Å². The molecule has 0 radical (unpaired) electrons. The number of hydrogen-bond donors (Lipinski definition) is 1. The lowest BCUT2D eigenvalue weighted by molar-refractivity contribution is 0.0621. The number of benzene rings is 1. The first kappa shape index (κ1) is 12.8. The van der Waals surface area contributed by atoms with Crippen molar-refractivity contribution < 1.29 is 14.6 Å². The first-order valence-electron chi connectivity index (χ1n) is 5.62. The van der Waals surface area contributed by atoms with Crippen molar-refractivity contribution in [3.05, 3.63) is 24.3 Å². The summed E-state index contributed by atoms with van der Waals surface area (Å²) in [6.07, 6.45) is 0.527. The van der Waals surface area contributed by atoms with Crippen molar-refractivity contribution in [2.24, 2.45) is 5.92 Å². The van der Waals surface area contributed by atoms with Crippen molar-refractivity contribution in [2.45, 2.75) is 26.4 Å². The highest BCUT2D eigenvalue weighted by Crippen LogP contribution is 2.19. The van der Waals surface area contributed by atoms with Crippen LogP contribution in [0.5, 0.6) is 11.5 Å². The SMILES string of the molecule is CCC(C)C(O)COc1cccc(OC)c1. The van der Waals surface area contributed by atoms with E-state index >= 15 is 0 Å². The maximum Gasteiger partial charge on any atom is 0.123 e. The molecule has 0 aliphatic heterocycles. The third-order valence-electron chi connectivity index (χ3n) is 2.76. The van der Waals surface area contributed by atoms with E-state index in [0.717, 1.165) is 17.9 Å². The summed E-state index contributed by atoms with van der Waals surface area (Å²) >= 11 is 0. The van der Waals surface area contributed by atoms with Crippen molar-refractivity contribution in [3.63, 3.8) is 0 Å². The number of methoxy groups -OCH3 is 1. The Bertz CT molecular complexity index is 312. The van der Waals surface area contributed by atoms with Crippen LogP contribution in [0.2, 0.25) is 0 Å². The van der Waals surface area contributed by atoms with Crippen molar-refractivity contribution in [1.82, 2.24) is 0 Å². The largest absolute Gasteiger partial charge is 0.497 e. The lowest BCUT2D eigenvalue weighted by atomic mass is 10.0. The third kappa shape index (κ3) is 3.74. The molecule has 16 heavy (non-hydrogen) atoms. The fraction of sp³-hybridized carbons (Fsp3) is 0.538. The van der Waals surface area contributed by atoms with Crippen molar-refractivity contribution >= 4 is 0 Å². The molecule has 0 aromatic heterocycles. The van der Waals surface area contributed by atoms with E-state index in [9.17, 15) is 5.11 Å². The molecule has 3 nitrogen and oxygen atoms in total. The summed E-state index contributed by atoms with van der Waals surface area (Å²) in [4.78, 5) is 0. The Labute approximate surface area is 97.0 Å². The topological polar surface area (TPSA) is 38.7 Å². The van der Waals surface area contributed by atoms with Gasteiger partial charge in [0.25, 0.3) is 0 Å². The smallest absolute Gasteiger partial charge is 0.123 e. The van der Waals surface area contributed by atoms with Gasteiger partial charge in [0.1, 0.15) is 18.1 Å². The second-order valence-electron chi connectivity index (χ2n) is 3.94. The van der Waals surface area contributed by atoms with Crippen LogP contribution >= 0.6 is 0 Å². The Morgan fingerprint density at radius 1 is 1.31 bits per heavy atom. The summed E-state index contributed by atoms with van der Waals surface area (Å²) < 4.78 is 10.6. The van der Waals surface area contributed by atoms with E-state index in [4.69, 9.17) is 9.47 Å². The summed E-state index contributed by atoms with van der Waals surface area (Å²) in [5, 5.41) is 9.75. The molecular formula is C13H20O3. The molecule has 0 aliphatic rings. The van der Waals surface area contributed by atoms with Crippen LogP contribution in [0, 0.1) is 5.92 Å². The van der Waals surface area contributed by atoms with Crippen LogP contribution < -0.4 is 9.47 Å². The highest BCUT2D eigenvalue weighted by molar-refractivity contribution is 5.32. The number of hydrogen-bond acceptors (Lipinski definition) is 3. The van der Waals surface area contributed by atoms with Gasteiger partial charge < -0.3 is 14.6 Å². The van der Waals surface area contributed by atoms with Gasteiger partial charge in [-0.05, 0) is 18.1 Å². The van der Waals surface area contributed by atoms with Crippen molar-refractivity contribution in [1.29, 1.82) is 0 Å². The molecule has 1 N–H and O–H groups in total. The molecule has 0 saturated carbocycles. The fourth-order valence-corrected chi connectivity index (χ4v) is 1.31. The quantitative estimate of drug-likeness (QED) is 0.806. The number of aliphatic hydroxyl groups excluding tert-OH is 1. The van der Waals surface area contributed by atoms with Gasteiger partial charge in [0.15, 0.2) is 0 Å². The minimum absolute atomic E-state index is 0.255. The van der Waals surface area contributed by atoms with Gasteiger partial charge in [-0.25, -0.2) is 0 Å². The number of rotatable bonds is 6. The second-order valence-corrected chi connectivity index (χ2v) is 3.94. The molecular weight excluding hydrogens is 204 g/mol. The lowest BCUT2D eigenvalue weighted by Gasteiger charge is -2.17. The lowest BCUT2D eigenvalue weighted by Crippen LogP contribution is -2.24. The number of aliphatic hydroxyl groups is 1. The molecule has 2 atom stereocenters. The Morgan fingerprint density at radius 2 is 2.00 bits per heavy atom. The van der Waals surface area contributed by atoms with Gasteiger partial charge in [0.05, 0.1) is 13.2 Å². The van der Waals surface area contributed by atoms with E-state index in [1.807, 2.05) is 31.2 Å². The zero-order valence-corrected chi connectivity index (χ0v) is 10.1. The van der Waals surface area contributed by atoms with Crippen LogP contribution in [0.3, 0.4) is 0 Å². The van der Waals surface area contributed by atoms with Crippen LogP contribution in [-0.4, -0.2) is 24.9 Å². The van der Waals surface area contributed by atoms with Gasteiger partial charge in [-0.2, -0.15) is 0 Å². The van der Waals surface area contributed by atoms with E-state index in [-0.39, 0.29) is 5.92 Å². The average molecular weight is 224 g/mol. The molecule has 0 spiro atoms. The van der Waals surface area contributed by atoms with Crippen LogP contribution in [0.15, 0.2) is 24.3 Å². The van der Waals surface area contributed by atoms with E-state index in [2.05, 4.69) is 6.92 Å². The molecule has 3 heteroatoms. The van der Waals surface area contributed by atoms with Gasteiger partial charge in [0.2, 0.25) is 0 Å². The van der Waals surface area contributed by atoms with Gasteiger partial charge in [-0.3, -0.25) is 0 Å². The van der Waals surface area contributed by atoms with Crippen molar-refractivity contribution in [2.75, 3.05) is 13.7 Å². The maximum absolute atomic E-state index is 9.75. The molecule has 0 heterocycles. The average Bonchev–Trinajstić information content (AvgIpc) is 2.35. The second kappa shape index (κ2) is 6.38. The fourth-order valence-electron chi connectivity index (χ4n) is 1.31. The Balaban J connectivity index is 2.47. The van der Waals surface area contributed by atoms with E-state index < -0.39 is 6.10 Å². The van der Waals surface area contributed by atoms with Gasteiger partial charge in [-0.15, -0.1) is 0 Å². The first-order valence-corrected chi connectivity index (χ1v) is 5.62. The standard InChI is InChI=1S/C13H20O3/c1-4-10(2)13(14)9-16-12-7-5-6-11(8-12)15-3/h5-8,10,13-14H,4,9H2,1-3H3. The zero-order chi connectivity index (χ0) is 12.0. The van der Waals surface area contributed by atoms with E-state index in [0.29, 0.717) is 6.61 Å². The Hall–Kier alpha value is -1.22. The van der Waals surface area contributed by atoms with Crippen LogP contribution in [0.25, 0.3) is 0 Å². The molecule has 90 valence electrons. The summed E-state index contributed by atoms with van der Waals surface area (Å²) in [6, 6.07) is 7.39.